The lowest BCUT2D eigenvalue weighted by atomic mass is 10.1. The van der Waals surface area contributed by atoms with Crippen LogP contribution in [0.4, 0.5) is 0 Å². The second kappa shape index (κ2) is 11.2. The van der Waals surface area contributed by atoms with Crippen LogP contribution in [-0.4, -0.2) is 32.6 Å². The first-order chi connectivity index (χ1) is 22.4. The van der Waals surface area contributed by atoms with Gasteiger partial charge in [-0.2, -0.15) is 0 Å². The summed E-state index contributed by atoms with van der Waals surface area (Å²) in [6, 6.07) is 26.2. The first kappa shape index (κ1) is 30.9. The van der Waals surface area contributed by atoms with Crippen LogP contribution in [0.1, 0.15) is 6.92 Å². The highest BCUT2D eigenvalue weighted by molar-refractivity contribution is 8.01. The van der Waals surface area contributed by atoms with Crippen LogP contribution >= 0.6 is 23.2 Å². The van der Waals surface area contributed by atoms with E-state index in [2.05, 4.69) is 9.97 Å². The first-order valence-corrected chi connectivity index (χ1v) is 17.9. The molecule has 7 aromatic rings. The Morgan fingerprint density at radius 1 is 0.638 bits per heavy atom. The number of hydrogen-bond acceptors (Lipinski definition) is 6. The molecular formula is C35H22Cl2N2O6S2. The van der Waals surface area contributed by atoms with Crippen LogP contribution < -0.4 is 10.8 Å². The Bertz CT molecular complexity index is 2780. The van der Waals surface area contributed by atoms with E-state index < -0.39 is 40.7 Å². The molecule has 0 aliphatic rings. The Morgan fingerprint density at radius 2 is 1.23 bits per heavy atom. The summed E-state index contributed by atoms with van der Waals surface area (Å²) in [5.74, 6) is -0.773. The molecule has 12 heteroatoms. The molecule has 0 aliphatic heterocycles. The molecule has 2 N–H and O–H groups in total. The lowest BCUT2D eigenvalue weighted by Crippen LogP contribution is -2.21. The fourth-order valence-corrected chi connectivity index (χ4v) is 9.62. The summed E-state index contributed by atoms with van der Waals surface area (Å²) < 4.78 is 57.2. The van der Waals surface area contributed by atoms with Gasteiger partial charge in [0.05, 0.1) is 36.9 Å². The fourth-order valence-electron chi connectivity index (χ4n) is 6.04. The predicted octanol–water partition coefficient (Wildman–Crippen LogP) is 6.86. The molecule has 2 aromatic heterocycles. The molecule has 47 heavy (non-hydrogen) atoms. The Balaban J connectivity index is 1.85. The number of ketones is 1. The van der Waals surface area contributed by atoms with Crippen molar-refractivity contribution in [3.63, 3.8) is 0 Å². The van der Waals surface area contributed by atoms with Crippen molar-refractivity contribution in [3.8, 4) is 11.3 Å². The van der Waals surface area contributed by atoms with Gasteiger partial charge in [0, 0.05) is 32.1 Å². The zero-order chi connectivity index (χ0) is 33.2. The van der Waals surface area contributed by atoms with Crippen molar-refractivity contribution in [2.45, 2.75) is 21.6 Å². The molecule has 0 atom stereocenters. The lowest BCUT2D eigenvalue weighted by molar-refractivity contribution is -0.111. The van der Waals surface area contributed by atoms with Crippen molar-refractivity contribution in [3.05, 3.63) is 129 Å². The zero-order valence-electron chi connectivity index (χ0n) is 24.3. The van der Waals surface area contributed by atoms with Gasteiger partial charge in [-0.05, 0) is 43.3 Å². The molecule has 0 radical (unpaired) electrons. The third-order valence-electron chi connectivity index (χ3n) is 8.03. The van der Waals surface area contributed by atoms with E-state index in [1.807, 2.05) is 0 Å². The summed E-state index contributed by atoms with van der Waals surface area (Å²) in [4.78, 5) is 32.7. The smallest absolute Gasteiger partial charge is 0.212 e. The zero-order valence-corrected chi connectivity index (χ0v) is 27.5. The van der Waals surface area contributed by atoms with Gasteiger partial charge in [-0.1, -0.05) is 89.9 Å². The molecule has 7 rings (SSSR count). The van der Waals surface area contributed by atoms with Crippen molar-refractivity contribution in [1.82, 2.24) is 9.97 Å². The summed E-state index contributed by atoms with van der Waals surface area (Å²) in [5.41, 5.74) is -0.188. The number of aromatic amines is 2. The van der Waals surface area contributed by atoms with E-state index in [1.54, 1.807) is 60.7 Å². The van der Waals surface area contributed by atoms with Crippen LogP contribution in [0.15, 0.2) is 123 Å². The molecule has 0 aliphatic carbocycles. The molecule has 8 nitrogen and oxygen atoms in total. The van der Waals surface area contributed by atoms with E-state index in [-0.39, 0.29) is 63.5 Å². The average Bonchev–Trinajstić information content (AvgIpc) is 3.58. The number of sulfone groups is 2. The molecule has 0 spiro atoms. The molecule has 0 amide bonds. The fraction of sp³-hybridized carbons (Fsp3) is 0.0286. The normalized spacial score (nSPS) is 13.0. The minimum atomic E-state index is -4.50. The minimum Gasteiger partial charge on any atom is -0.353 e. The molecule has 0 unspecified atom stereocenters. The van der Waals surface area contributed by atoms with Crippen molar-refractivity contribution in [2.24, 2.45) is 0 Å². The number of benzene rings is 4. The third kappa shape index (κ3) is 4.71. The number of carbonyl (C=O) groups excluding carboxylic acids is 1. The Kier molecular flexibility index (Phi) is 7.36. The number of fused-ring (bicyclic) bond motifs is 2. The summed E-state index contributed by atoms with van der Waals surface area (Å²) in [6.45, 7) is 1.14. The van der Waals surface area contributed by atoms with Crippen LogP contribution in [0, 0.1) is 0 Å². The monoisotopic (exact) mass is 700 g/mol. The van der Waals surface area contributed by atoms with Gasteiger partial charge in [0.25, 0.3) is 0 Å². The summed E-state index contributed by atoms with van der Waals surface area (Å²) in [6.07, 6.45) is 0. The molecule has 0 bridgehead atoms. The average molecular weight is 702 g/mol. The van der Waals surface area contributed by atoms with Gasteiger partial charge in [0.1, 0.15) is 9.80 Å². The highest BCUT2D eigenvalue weighted by Gasteiger charge is 2.33. The number of Topliss-reactive ketones (excluding diaryl/α,β-unsaturated/α-hetero) is 1. The minimum absolute atomic E-state index is 0.0270. The third-order valence-corrected chi connectivity index (χ3v) is 12.4. The van der Waals surface area contributed by atoms with E-state index in [0.29, 0.717) is 5.56 Å². The van der Waals surface area contributed by atoms with E-state index in [1.165, 1.54) is 42.5 Å². The largest absolute Gasteiger partial charge is 0.353 e. The van der Waals surface area contributed by atoms with Crippen LogP contribution in [0.25, 0.3) is 48.7 Å². The highest BCUT2D eigenvalue weighted by Crippen LogP contribution is 2.41. The second-order valence-corrected chi connectivity index (χ2v) is 15.4. The van der Waals surface area contributed by atoms with Crippen molar-refractivity contribution < 1.29 is 21.6 Å². The maximum absolute atomic E-state index is 14.4. The van der Waals surface area contributed by atoms with Gasteiger partial charge in [-0.25, -0.2) is 16.8 Å². The van der Waals surface area contributed by atoms with Crippen LogP contribution in [0.2, 0.25) is 10.0 Å². The van der Waals surface area contributed by atoms with Crippen molar-refractivity contribution in [1.29, 1.82) is 0 Å². The molecule has 0 saturated heterocycles. The predicted molar refractivity (Wildman–Crippen MR) is 184 cm³/mol. The molecule has 0 saturated carbocycles. The van der Waals surface area contributed by atoms with Crippen LogP contribution in [-0.2, 0) is 24.5 Å². The molecule has 0 fully saturated rings. The second-order valence-electron chi connectivity index (χ2n) is 10.8. The van der Waals surface area contributed by atoms with E-state index in [9.17, 15) is 26.4 Å². The number of H-pyrrole nitrogens is 2. The summed E-state index contributed by atoms with van der Waals surface area (Å²) >= 11 is 13.4. The molecule has 234 valence electrons. The number of nitrogens with one attached hydrogen (secondary N) is 2. The van der Waals surface area contributed by atoms with Gasteiger partial charge < -0.3 is 9.97 Å². The number of rotatable bonds is 6. The van der Waals surface area contributed by atoms with Gasteiger partial charge >= 0.3 is 0 Å². The maximum atomic E-state index is 14.4. The standard InChI is InChI=1S/C35H22Cl2N2O6S2/c1-19(40)34(46(42,43)20-11-4-2-5-12-20)31-27-28-30(39-31)26-23(16-10-18-25(26)37)33(41)35(47(44,45)21-13-6-3-7-14-21)32(28)38-29(27)22-15-8-9-17-24(22)36/h2-18,38-39H,1H3/b34-31-. The summed E-state index contributed by atoms with van der Waals surface area (Å²) in [5, 5.41) is 0.674. The number of carbonyl (C=O) groups is 1. The quantitative estimate of drug-likeness (QED) is 0.195. The molecule has 5 aromatic carbocycles. The Morgan fingerprint density at radius 3 is 1.87 bits per heavy atom. The summed E-state index contributed by atoms with van der Waals surface area (Å²) in [7, 11) is -8.95. The van der Waals surface area contributed by atoms with Crippen molar-refractivity contribution in [2.75, 3.05) is 0 Å². The first-order valence-electron chi connectivity index (χ1n) is 14.2. The van der Waals surface area contributed by atoms with Crippen molar-refractivity contribution >= 4 is 86.1 Å². The maximum Gasteiger partial charge on any atom is 0.212 e. The Labute approximate surface area is 278 Å². The number of hydrogen-bond donors (Lipinski definition) is 2. The van der Waals surface area contributed by atoms with Crippen LogP contribution in [0.5, 0.6) is 0 Å². The van der Waals surface area contributed by atoms with E-state index in [4.69, 9.17) is 23.2 Å². The molecule has 2 heterocycles. The van der Waals surface area contributed by atoms with E-state index in [0.717, 1.165) is 6.92 Å². The lowest BCUT2D eigenvalue weighted by Gasteiger charge is -2.07. The van der Waals surface area contributed by atoms with Crippen LogP contribution in [0.3, 0.4) is 0 Å². The van der Waals surface area contributed by atoms with Gasteiger partial charge in [-0.3, -0.25) is 9.59 Å². The van der Waals surface area contributed by atoms with Gasteiger partial charge in [0.2, 0.25) is 25.1 Å². The SMILES string of the molecule is CC(=O)/C(=c1/[nH]c2c3c(Cl)cccc3c(=O)c(S(=O)(=O)c3ccccc3)c3[nH]c(-c4ccccc4Cl)c1c32)S(=O)(=O)c1ccccc1. The number of halogens is 2. The topological polar surface area (TPSA) is 134 Å². The number of aromatic nitrogens is 2. The Hall–Kier alpha value is -4.74. The van der Waals surface area contributed by atoms with E-state index >= 15 is 0 Å². The molecular weight excluding hydrogens is 679 g/mol. The highest BCUT2D eigenvalue weighted by atomic mass is 35.5. The van der Waals surface area contributed by atoms with Gasteiger partial charge in [-0.15, -0.1) is 0 Å². The van der Waals surface area contributed by atoms with Gasteiger partial charge in [0.15, 0.2) is 5.78 Å².